The number of nitrogens with zero attached hydrogens (tertiary/aromatic N) is 3. The van der Waals surface area contributed by atoms with Gasteiger partial charge in [0.1, 0.15) is 0 Å². The average Bonchev–Trinajstić information content (AvgIpc) is 2.63. The molecule has 0 saturated carbocycles. The van der Waals surface area contributed by atoms with Gasteiger partial charge in [-0.3, -0.25) is 10.1 Å². The zero-order valence-corrected chi connectivity index (χ0v) is 14.9. The molecule has 1 aliphatic carbocycles. The second-order valence-corrected chi connectivity index (χ2v) is 8.54. The molecular formula is C17H23N3O4S. The van der Waals surface area contributed by atoms with Crippen LogP contribution >= 0.6 is 0 Å². The van der Waals surface area contributed by atoms with Crippen molar-refractivity contribution < 1.29 is 13.3 Å². The predicted octanol–water partition coefficient (Wildman–Crippen LogP) is 2.26. The minimum atomic E-state index is -3.59. The van der Waals surface area contributed by atoms with Crippen LogP contribution in [0.1, 0.15) is 19.3 Å². The molecule has 3 rings (SSSR count). The molecule has 1 aromatic rings. The second kappa shape index (κ2) is 7.63. The highest BCUT2D eigenvalue weighted by Crippen LogP contribution is 2.23. The van der Waals surface area contributed by atoms with E-state index < -0.39 is 14.9 Å². The van der Waals surface area contributed by atoms with Crippen molar-refractivity contribution in [3.63, 3.8) is 0 Å². The number of benzene rings is 1. The summed E-state index contributed by atoms with van der Waals surface area (Å²) in [5.41, 5.74) is -0.106. The van der Waals surface area contributed by atoms with Crippen LogP contribution in [-0.4, -0.2) is 55.3 Å². The predicted molar refractivity (Wildman–Crippen MR) is 94.8 cm³/mol. The van der Waals surface area contributed by atoms with Gasteiger partial charge in [-0.1, -0.05) is 12.2 Å². The lowest BCUT2D eigenvalue weighted by Crippen LogP contribution is -2.49. The molecule has 136 valence electrons. The van der Waals surface area contributed by atoms with Gasteiger partial charge in [0.25, 0.3) is 5.69 Å². The standard InChI is InChI=1S/C17H23N3O4S/c21-20(22)16-6-8-17(9-7-16)25(23,24)19-12-10-18(11-13-19)14-15-4-2-1-3-5-15/h1-2,6-9,15H,3-5,10-14H2/t15-/m1/s1. The summed E-state index contributed by atoms with van der Waals surface area (Å²) >= 11 is 0. The SMILES string of the molecule is O=[N+]([O-])c1ccc(S(=O)(=O)N2CCN(C[C@@H]3CC=CCC3)CC2)cc1. The fourth-order valence-electron chi connectivity index (χ4n) is 3.43. The number of allylic oxidation sites excluding steroid dienone is 2. The number of nitro groups is 1. The molecule has 0 spiro atoms. The van der Waals surface area contributed by atoms with E-state index in [1.54, 1.807) is 0 Å². The van der Waals surface area contributed by atoms with Gasteiger partial charge in [0.05, 0.1) is 9.82 Å². The van der Waals surface area contributed by atoms with Gasteiger partial charge >= 0.3 is 0 Å². The van der Waals surface area contributed by atoms with Gasteiger partial charge in [0, 0.05) is 44.9 Å². The molecular weight excluding hydrogens is 342 g/mol. The lowest BCUT2D eigenvalue weighted by atomic mass is 9.94. The van der Waals surface area contributed by atoms with E-state index >= 15 is 0 Å². The Morgan fingerprint density at radius 1 is 1.08 bits per heavy atom. The first kappa shape index (κ1) is 18.0. The number of nitro benzene ring substituents is 1. The Labute approximate surface area is 148 Å². The molecule has 0 amide bonds. The Hall–Kier alpha value is -1.77. The summed E-state index contributed by atoms with van der Waals surface area (Å²) in [6.07, 6.45) is 7.92. The number of hydrogen-bond acceptors (Lipinski definition) is 5. The van der Waals surface area contributed by atoms with E-state index in [2.05, 4.69) is 17.1 Å². The summed E-state index contributed by atoms with van der Waals surface area (Å²) in [5, 5.41) is 10.7. The van der Waals surface area contributed by atoms with E-state index in [1.807, 2.05) is 0 Å². The molecule has 7 nitrogen and oxygen atoms in total. The maximum Gasteiger partial charge on any atom is 0.269 e. The largest absolute Gasteiger partial charge is 0.300 e. The van der Waals surface area contributed by atoms with E-state index in [-0.39, 0.29) is 10.6 Å². The fourth-order valence-corrected chi connectivity index (χ4v) is 4.85. The average molecular weight is 365 g/mol. The molecule has 0 bridgehead atoms. The van der Waals surface area contributed by atoms with Crippen LogP contribution in [0.3, 0.4) is 0 Å². The van der Waals surface area contributed by atoms with Crippen molar-refractivity contribution in [2.45, 2.75) is 24.2 Å². The molecule has 1 atom stereocenters. The number of rotatable bonds is 5. The van der Waals surface area contributed by atoms with Gasteiger partial charge in [-0.15, -0.1) is 0 Å². The highest BCUT2D eigenvalue weighted by atomic mass is 32.2. The van der Waals surface area contributed by atoms with Crippen LogP contribution in [0.25, 0.3) is 0 Å². The first-order valence-electron chi connectivity index (χ1n) is 8.59. The second-order valence-electron chi connectivity index (χ2n) is 6.61. The molecule has 1 aromatic carbocycles. The summed E-state index contributed by atoms with van der Waals surface area (Å²) in [5.74, 6) is 0.669. The van der Waals surface area contributed by atoms with Crippen molar-refractivity contribution in [1.29, 1.82) is 0 Å². The van der Waals surface area contributed by atoms with Crippen LogP contribution in [0.2, 0.25) is 0 Å². The van der Waals surface area contributed by atoms with Crippen LogP contribution in [-0.2, 0) is 10.0 Å². The Morgan fingerprint density at radius 2 is 1.76 bits per heavy atom. The first-order chi connectivity index (χ1) is 12.0. The summed E-state index contributed by atoms with van der Waals surface area (Å²) in [6, 6.07) is 5.10. The quantitative estimate of drug-likeness (QED) is 0.454. The molecule has 25 heavy (non-hydrogen) atoms. The van der Waals surface area contributed by atoms with E-state index in [0.29, 0.717) is 19.0 Å². The van der Waals surface area contributed by atoms with E-state index in [9.17, 15) is 18.5 Å². The van der Waals surface area contributed by atoms with Gasteiger partial charge in [0.2, 0.25) is 10.0 Å². The Bertz CT molecular complexity index is 738. The minimum absolute atomic E-state index is 0.106. The fraction of sp³-hybridized carbons (Fsp3) is 0.529. The Balaban J connectivity index is 1.59. The minimum Gasteiger partial charge on any atom is -0.300 e. The molecule has 8 heteroatoms. The van der Waals surface area contributed by atoms with Crippen molar-refractivity contribution in [3.8, 4) is 0 Å². The van der Waals surface area contributed by atoms with Crippen molar-refractivity contribution in [3.05, 3.63) is 46.5 Å². The maximum atomic E-state index is 12.7. The van der Waals surface area contributed by atoms with Crippen molar-refractivity contribution in [2.75, 3.05) is 32.7 Å². The van der Waals surface area contributed by atoms with Crippen LogP contribution < -0.4 is 0 Å². The van der Waals surface area contributed by atoms with E-state index in [0.717, 1.165) is 32.5 Å². The van der Waals surface area contributed by atoms with Crippen molar-refractivity contribution >= 4 is 15.7 Å². The molecule has 1 saturated heterocycles. The third kappa shape index (κ3) is 4.26. The normalized spacial score (nSPS) is 22.8. The molecule has 0 unspecified atom stereocenters. The summed E-state index contributed by atoms with van der Waals surface area (Å²) in [7, 11) is -3.59. The zero-order chi connectivity index (χ0) is 17.9. The molecule has 0 N–H and O–H groups in total. The number of piperazine rings is 1. The monoisotopic (exact) mass is 365 g/mol. The van der Waals surface area contributed by atoms with Crippen LogP contribution in [0.4, 0.5) is 5.69 Å². The van der Waals surface area contributed by atoms with Gasteiger partial charge in [0.15, 0.2) is 0 Å². The molecule has 0 radical (unpaired) electrons. The van der Waals surface area contributed by atoms with Crippen LogP contribution in [0.15, 0.2) is 41.3 Å². The maximum absolute atomic E-state index is 12.7. The van der Waals surface area contributed by atoms with Gasteiger partial charge in [-0.2, -0.15) is 4.31 Å². The summed E-state index contributed by atoms with van der Waals surface area (Å²) < 4.78 is 26.9. The Kier molecular flexibility index (Phi) is 5.51. The lowest BCUT2D eigenvalue weighted by molar-refractivity contribution is -0.384. The number of non-ortho nitro benzene ring substituents is 1. The molecule has 2 aliphatic rings. The summed E-state index contributed by atoms with van der Waals surface area (Å²) in [6.45, 7) is 3.40. The van der Waals surface area contributed by atoms with Crippen molar-refractivity contribution in [1.82, 2.24) is 9.21 Å². The van der Waals surface area contributed by atoms with E-state index in [1.165, 1.54) is 35.0 Å². The smallest absolute Gasteiger partial charge is 0.269 e. The summed E-state index contributed by atoms with van der Waals surface area (Å²) in [4.78, 5) is 12.6. The zero-order valence-electron chi connectivity index (χ0n) is 14.1. The third-order valence-electron chi connectivity index (χ3n) is 4.91. The first-order valence-corrected chi connectivity index (χ1v) is 10.0. The Morgan fingerprint density at radius 3 is 2.32 bits per heavy atom. The molecule has 0 aromatic heterocycles. The van der Waals surface area contributed by atoms with Crippen LogP contribution in [0.5, 0.6) is 0 Å². The molecule has 1 aliphatic heterocycles. The highest BCUT2D eigenvalue weighted by molar-refractivity contribution is 7.89. The highest BCUT2D eigenvalue weighted by Gasteiger charge is 2.29. The number of sulfonamides is 1. The van der Waals surface area contributed by atoms with Crippen LogP contribution in [0, 0.1) is 16.0 Å². The molecule has 1 fully saturated rings. The molecule has 1 heterocycles. The van der Waals surface area contributed by atoms with Gasteiger partial charge in [-0.05, 0) is 37.3 Å². The van der Waals surface area contributed by atoms with Crippen molar-refractivity contribution in [2.24, 2.45) is 5.92 Å². The topological polar surface area (TPSA) is 83.8 Å². The number of hydrogen-bond donors (Lipinski definition) is 0. The third-order valence-corrected chi connectivity index (χ3v) is 6.82. The van der Waals surface area contributed by atoms with Gasteiger partial charge in [-0.25, -0.2) is 8.42 Å². The lowest BCUT2D eigenvalue weighted by Gasteiger charge is -2.36. The van der Waals surface area contributed by atoms with E-state index in [4.69, 9.17) is 0 Å². The van der Waals surface area contributed by atoms with Gasteiger partial charge < -0.3 is 4.90 Å².